The number of carbonyl (C=O) groups excluding carboxylic acids is 1. The van der Waals surface area contributed by atoms with E-state index in [1.54, 1.807) is 13.2 Å². The average Bonchev–Trinajstić information content (AvgIpc) is 2.83. The van der Waals surface area contributed by atoms with E-state index in [2.05, 4.69) is 31.2 Å². The van der Waals surface area contributed by atoms with Crippen LogP contribution in [0.15, 0.2) is 41.5 Å². The molecule has 0 spiro atoms. The summed E-state index contributed by atoms with van der Waals surface area (Å²) in [7, 11) is 3.11. The zero-order valence-corrected chi connectivity index (χ0v) is 18.6. The molecule has 0 saturated heterocycles. The molecule has 0 radical (unpaired) electrons. The number of nitrogens with one attached hydrogen (secondary N) is 2. The molecule has 4 heterocycles. The highest BCUT2D eigenvalue weighted by atomic mass is 16.5. The van der Waals surface area contributed by atoms with Crippen LogP contribution < -0.4 is 15.6 Å². The van der Waals surface area contributed by atoms with Gasteiger partial charge in [-0.1, -0.05) is 13.0 Å². The first-order chi connectivity index (χ1) is 15.5. The zero-order valence-electron chi connectivity index (χ0n) is 18.6. The van der Waals surface area contributed by atoms with Crippen molar-refractivity contribution in [2.45, 2.75) is 26.3 Å². The molecule has 3 aromatic heterocycles. The highest BCUT2D eigenvalue weighted by Gasteiger charge is 2.18. The number of aromatic amines is 1. The number of pyridine rings is 3. The summed E-state index contributed by atoms with van der Waals surface area (Å²) in [4.78, 5) is 38.2. The van der Waals surface area contributed by atoms with Crippen LogP contribution in [0, 0.1) is 0 Å². The van der Waals surface area contributed by atoms with Gasteiger partial charge in [-0.05, 0) is 47.7 Å². The summed E-state index contributed by atoms with van der Waals surface area (Å²) in [5.74, 6) is 0.195. The number of aryl methyl sites for hydroxylation is 1. The molecule has 4 rings (SSSR count). The fourth-order valence-electron chi connectivity index (χ4n) is 3.96. The van der Waals surface area contributed by atoms with Gasteiger partial charge >= 0.3 is 0 Å². The molecule has 0 bridgehead atoms. The SMILES string of the molecule is CCc1cc2ncc(CN3CC=C(c4cnc(C(=O)NC)c(OC)c4)CC3)cc2[nH]c1=O. The minimum absolute atomic E-state index is 0.0454. The van der Waals surface area contributed by atoms with E-state index in [1.165, 1.54) is 12.7 Å². The molecule has 8 heteroatoms. The molecular formula is C24H27N5O3. The fraction of sp³-hybridized carbons (Fsp3) is 0.333. The van der Waals surface area contributed by atoms with Gasteiger partial charge < -0.3 is 15.0 Å². The van der Waals surface area contributed by atoms with Gasteiger partial charge in [0.15, 0.2) is 11.4 Å². The summed E-state index contributed by atoms with van der Waals surface area (Å²) < 4.78 is 5.36. The number of rotatable bonds is 6. The molecule has 0 unspecified atom stereocenters. The van der Waals surface area contributed by atoms with Crippen molar-refractivity contribution in [2.75, 3.05) is 27.2 Å². The molecule has 0 aromatic carbocycles. The Labute approximate surface area is 186 Å². The second-order valence-corrected chi connectivity index (χ2v) is 7.82. The maximum atomic E-state index is 12.1. The van der Waals surface area contributed by atoms with Crippen LogP contribution in [0.5, 0.6) is 5.75 Å². The minimum atomic E-state index is -0.270. The molecule has 32 heavy (non-hydrogen) atoms. The molecule has 1 aliphatic rings. The second-order valence-electron chi connectivity index (χ2n) is 7.82. The Morgan fingerprint density at radius 3 is 2.78 bits per heavy atom. The topological polar surface area (TPSA) is 100 Å². The van der Waals surface area contributed by atoms with Crippen molar-refractivity contribution in [1.29, 1.82) is 0 Å². The standard InChI is InChI=1S/C24H27N5O3/c1-4-16-10-19-20(28-23(16)30)9-15(12-26-19)14-29-7-5-17(6-8-29)18-11-21(32-3)22(27-13-18)24(31)25-2/h5,9-13H,4,6-8,14H2,1-3H3,(H,25,31)(H,28,30). The molecule has 0 saturated carbocycles. The van der Waals surface area contributed by atoms with E-state index < -0.39 is 0 Å². The Morgan fingerprint density at radius 1 is 1.25 bits per heavy atom. The van der Waals surface area contributed by atoms with Crippen molar-refractivity contribution in [1.82, 2.24) is 25.2 Å². The fourth-order valence-corrected chi connectivity index (χ4v) is 3.96. The Bertz CT molecular complexity index is 1250. The van der Waals surface area contributed by atoms with Crippen molar-refractivity contribution >= 4 is 22.5 Å². The molecule has 166 valence electrons. The highest BCUT2D eigenvalue weighted by Crippen LogP contribution is 2.27. The van der Waals surface area contributed by atoms with Crippen LogP contribution in [0.1, 0.15) is 40.5 Å². The number of hydrogen-bond acceptors (Lipinski definition) is 6. The number of amides is 1. The van der Waals surface area contributed by atoms with Gasteiger partial charge in [-0.25, -0.2) is 4.98 Å². The molecule has 8 nitrogen and oxygen atoms in total. The highest BCUT2D eigenvalue weighted by molar-refractivity contribution is 5.95. The van der Waals surface area contributed by atoms with Crippen molar-refractivity contribution in [3.63, 3.8) is 0 Å². The summed E-state index contributed by atoms with van der Waals surface area (Å²) >= 11 is 0. The number of nitrogens with zero attached hydrogens (tertiary/aromatic N) is 3. The first-order valence-corrected chi connectivity index (χ1v) is 10.7. The van der Waals surface area contributed by atoms with Crippen molar-refractivity contribution in [2.24, 2.45) is 0 Å². The predicted molar refractivity (Wildman–Crippen MR) is 124 cm³/mol. The Balaban J connectivity index is 1.48. The number of methoxy groups -OCH3 is 1. The molecule has 3 aromatic rings. The normalized spacial score (nSPS) is 14.3. The number of carbonyl (C=O) groups is 1. The Hall–Kier alpha value is -3.52. The lowest BCUT2D eigenvalue weighted by atomic mass is 10.00. The van der Waals surface area contributed by atoms with Crippen LogP contribution in [-0.2, 0) is 13.0 Å². The van der Waals surface area contributed by atoms with Gasteiger partial charge in [0.1, 0.15) is 0 Å². The zero-order chi connectivity index (χ0) is 22.7. The molecule has 2 N–H and O–H groups in total. The second kappa shape index (κ2) is 9.32. The Morgan fingerprint density at radius 2 is 2.09 bits per heavy atom. The minimum Gasteiger partial charge on any atom is -0.494 e. The first-order valence-electron chi connectivity index (χ1n) is 10.7. The largest absolute Gasteiger partial charge is 0.494 e. The maximum Gasteiger partial charge on any atom is 0.273 e. The summed E-state index contributed by atoms with van der Waals surface area (Å²) in [6.45, 7) is 4.39. The van der Waals surface area contributed by atoms with Gasteiger partial charge in [-0.15, -0.1) is 0 Å². The molecule has 0 atom stereocenters. The smallest absolute Gasteiger partial charge is 0.273 e. The van der Waals surface area contributed by atoms with Gasteiger partial charge in [0, 0.05) is 44.6 Å². The van der Waals surface area contributed by atoms with Gasteiger partial charge in [0.2, 0.25) is 0 Å². The Kier molecular flexibility index (Phi) is 6.32. The number of aromatic nitrogens is 3. The lowest BCUT2D eigenvalue weighted by Gasteiger charge is -2.26. The average molecular weight is 434 g/mol. The van der Waals surface area contributed by atoms with Gasteiger partial charge in [-0.2, -0.15) is 0 Å². The monoisotopic (exact) mass is 433 g/mol. The van der Waals surface area contributed by atoms with E-state index in [4.69, 9.17) is 4.74 Å². The number of ether oxygens (including phenoxy) is 1. The van der Waals surface area contributed by atoms with Crippen molar-refractivity contribution in [3.05, 3.63) is 69.4 Å². The predicted octanol–water partition coefficient (Wildman–Crippen LogP) is 2.54. The van der Waals surface area contributed by atoms with E-state index in [-0.39, 0.29) is 17.2 Å². The lowest BCUT2D eigenvalue weighted by molar-refractivity contribution is 0.0955. The third-order valence-corrected chi connectivity index (χ3v) is 5.79. The number of hydrogen-bond donors (Lipinski definition) is 2. The van der Waals surface area contributed by atoms with Crippen molar-refractivity contribution in [3.8, 4) is 5.75 Å². The molecule has 1 amide bonds. The van der Waals surface area contributed by atoms with Crippen LogP contribution >= 0.6 is 0 Å². The summed E-state index contributed by atoms with van der Waals surface area (Å²) in [6, 6.07) is 5.74. The maximum absolute atomic E-state index is 12.1. The third-order valence-electron chi connectivity index (χ3n) is 5.79. The molecule has 1 aliphatic heterocycles. The number of H-pyrrole nitrogens is 1. The summed E-state index contributed by atoms with van der Waals surface area (Å²) in [6.07, 6.45) is 7.34. The van der Waals surface area contributed by atoms with Crippen LogP contribution in [0.4, 0.5) is 0 Å². The van der Waals surface area contributed by atoms with E-state index in [0.717, 1.165) is 53.8 Å². The number of fused-ring (bicyclic) bond motifs is 1. The van der Waals surface area contributed by atoms with Gasteiger partial charge in [-0.3, -0.25) is 19.5 Å². The summed E-state index contributed by atoms with van der Waals surface area (Å²) in [5, 5.41) is 2.58. The van der Waals surface area contributed by atoms with Gasteiger partial charge in [0.05, 0.1) is 18.1 Å². The van der Waals surface area contributed by atoms with Crippen molar-refractivity contribution < 1.29 is 9.53 Å². The van der Waals surface area contributed by atoms with Crippen LogP contribution in [-0.4, -0.2) is 53.0 Å². The molecular weight excluding hydrogens is 406 g/mol. The molecule has 0 fully saturated rings. The summed E-state index contributed by atoms with van der Waals surface area (Å²) in [5.41, 5.74) is 5.78. The lowest BCUT2D eigenvalue weighted by Crippen LogP contribution is -2.28. The first kappa shape index (κ1) is 21.7. The van der Waals surface area contributed by atoms with Crippen LogP contribution in [0.25, 0.3) is 16.6 Å². The van der Waals surface area contributed by atoms with Gasteiger partial charge in [0.25, 0.3) is 11.5 Å². The van der Waals surface area contributed by atoms with E-state index in [0.29, 0.717) is 12.2 Å². The van der Waals surface area contributed by atoms with Crippen LogP contribution in [0.2, 0.25) is 0 Å². The van der Waals surface area contributed by atoms with Crippen LogP contribution in [0.3, 0.4) is 0 Å². The quantitative estimate of drug-likeness (QED) is 0.620. The molecule has 0 aliphatic carbocycles. The van der Waals surface area contributed by atoms with E-state index in [9.17, 15) is 9.59 Å². The third kappa shape index (κ3) is 4.40. The van der Waals surface area contributed by atoms with E-state index >= 15 is 0 Å². The van der Waals surface area contributed by atoms with E-state index in [1.807, 2.05) is 31.3 Å².